The third-order valence-corrected chi connectivity index (χ3v) is 4.22. The zero-order valence-corrected chi connectivity index (χ0v) is 12.2. The summed E-state index contributed by atoms with van der Waals surface area (Å²) in [5.41, 5.74) is 7.18. The number of amides is 1. The number of hydrogen-bond acceptors (Lipinski definition) is 3. The molecule has 3 N–H and O–H groups in total. The fraction of sp³-hybridized carbons (Fsp3) is 0.562. The molecular weight excluding hydrogens is 252 g/mol. The quantitative estimate of drug-likeness (QED) is 0.864. The number of carbonyl (C=O) groups excluding carboxylic acids is 1. The third-order valence-electron chi connectivity index (χ3n) is 4.22. The van der Waals surface area contributed by atoms with Crippen molar-refractivity contribution in [3.05, 3.63) is 35.9 Å². The highest BCUT2D eigenvalue weighted by Gasteiger charge is 2.31. The van der Waals surface area contributed by atoms with E-state index in [1.807, 2.05) is 37.3 Å². The maximum absolute atomic E-state index is 12.3. The van der Waals surface area contributed by atoms with Gasteiger partial charge in [0.25, 0.3) is 0 Å². The van der Waals surface area contributed by atoms with Crippen molar-refractivity contribution in [2.24, 2.45) is 11.7 Å². The number of nitrogens with two attached hydrogens (primary N) is 1. The number of hydrogen-bond donors (Lipinski definition) is 2. The summed E-state index contributed by atoms with van der Waals surface area (Å²) in [5, 5.41) is 3.09. The molecule has 1 aliphatic carbocycles. The molecule has 2 rings (SSSR count). The molecule has 4 nitrogen and oxygen atoms in total. The Labute approximate surface area is 120 Å². The summed E-state index contributed by atoms with van der Waals surface area (Å²) in [5.74, 6) is -0.245. The SMILES string of the molecule is COC1CCCC1NC(=O)C(C)C(N)c1ccccc1. The van der Waals surface area contributed by atoms with E-state index in [4.69, 9.17) is 10.5 Å². The Kier molecular flexibility index (Phi) is 5.15. The average Bonchev–Trinajstić information content (AvgIpc) is 2.93. The minimum absolute atomic E-state index is 0.00954. The monoisotopic (exact) mass is 276 g/mol. The van der Waals surface area contributed by atoms with E-state index in [-0.39, 0.29) is 30.0 Å². The van der Waals surface area contributed by atoms with Crippen LogP contribution in [0.2, 0.25) is 0 Å². The van der Waals surface area contributed by atoms with Crippen LogP contribution in [0.4, 0.5) is 0 Å². The van der Waals surface area contributed by atoms with Crippen LogP contribution in [0.25, 0.3) is 0 Å². The smallest absolute Gasteiger partial charge is 0.225 e. The summed E-state index contributed by atoms with van der Waals surface area (Å²) < 4.78 is 5.40. The molecule has 0 saturated heterocycles. The van der Waals surface area contributed by atoms with Crippen molar-refractivity contribution in [3.63, 3.8) is 0 Å². The molecule has 0 aromatic heterocycles. The third kappa shape index (κ3) is 3.38. The topological polar surface area (TPSA) is 64.3 Å². The number of nitrogens with one attached hydrogen (secondary N) is 1. The van der Waals surface area contributed by atoms with Gasteiger partial charge in [0.05, 0.1) is 18.1 Å². The van der Waals surface area contributed by atoms with Crippen molar-refractivity contribution in [1.29, 1.82) is 0 Å². The summed E-state index contributed by atoms with van der Waals surface area (Å²) >= 11 is 0. The minimum atomic E-state index is -0.279. The average molecular weight is 276 g/mol. The molecule has 0 heterocycles. The molecule has 0 spiro atoms. The highest BCUT2D eigenvalue weighted by Crippen LogP contribution is 2.24. The van der Waals surface area contributed by atoms with E-state index in [0.29, 0.717) is 0 Å². The van der Waals surface area contributed by atoms with Gasteiger partial charge in [0.1, 0.15) is 0 Å². The van der Waals surface area contributed by atoms with Gasteiger partial charge in [-0.2, -0.15) is 0 Å². The molecule has 1 aliphatic rings. The Balaban J connectivity index is 1.95. The molecule has 4 heteroatoms. The van der Waals surface area contributed by atoms with Gasteiger partial charge in [-0.25, -0.2) is 0 Å². The lowest BCUT2D eigenvalue weighted by Crippen LogP contribution is -2.45. The Bertz CT molecular complexity index is 435. The summed E-state index contributed by atoms with van der Waals surface area (Å²) in [4.78, 5) is 12.3. The van der Waals surface area contributed by atoms with Gasteiger partial charge in [0, 0.05) is 13.2 Å². The van der Waals surface area contributed by atoms with Crippen LogP contribution in [-0.2, 0) is 9.53 Å². The Morgan fingerprint density at radius 2 is 2.05 bits per heavy atom. The second-order valence-corrected chi connectivity index (χ2v) is 5.55. The molecule has 110 valence electrons. The number of rotatable bonds is 5. The predicted molar refractivity (Wildman–Crippen MR) is 79.1 cm³/mol. The van der Waals surface area contributed by atoms with Crippen LogP contribution < -0.4 is 11.1 Å². The van der Waals surface area contributed by atoms with Crippen LogP contribution in [0.5, 0.6) is 0 Å². The van der Waals surface area contributed by atoms with Crippen molar-refractivity contribution in [3.8, 4) is 0 Å². The Morgan fingerprint density at radius 1 is 1.35 bits per heavy atom. The number of carbonyl (C=O) groups is 1. The van der Waals surface area contributed by atoms with Gasteiger partial charge in [0.2, 0.25) is 5.91 Å². The first-order chi connectivity index (χ1) is 9.63. The standard InChI is InChI=1S/C16H24N2O2/c1-11(15(17)12-7-4-3-5-8-12)16(19)18-13-9-6-10-14(13)20-2/h3-5,7-8,11,13-15H,6,9-10,17H2,1-2H3,(H,18,19). The van der Waals surface area contributed by atoms with Crippen LogP contribution >= 0.6 is 0 Å². The second kappa shape index (κ2) is 6.86. The number of methoxy groups -OCH3 is 1. The molecular formula is C16H24N2O2. The van der Waals surface area contributed by atoms with Gasteiger partial charge >= 0.3 is 0 Å². The van der Waals surface area contributed by atoms with Crippen LogP contribution in [0.1, 0.15) is 37.8 Å². The summed E-state index contributed by atoms with van der Waals surface area (Å²) in [6, 6.07) is 9.60. The van der Waals surface area contributed by atoms with Crippen LogP contribution in [0.3, 0.4) is 0 Å². The molecule has 1 amide bonds. The molecule has 4 unspecified atom stereocenters. The maximum atomic E-state index is 12.3. The van der Waals surface area contributed by atoms with Crippen molar-refractivity contribution in [2.75, 3.05) is 7.11 Å². The van der Waals surface area contributed by atoms with Gasteiger partial charge in [0.15, 0.2) is 0 Å². The second-order valence-electron chi connectivity index (χ2n) is 5.55. The molecule has 0 bridgehead atoms. The molecule has 1 saturated carbocycles. The molecule has 1 aromatic rings. The predicted octanol–water partition coefficient (Wildman–Crippen LogP) is 2.01. The molecule has 1 fully saturated rings. The van der Waals surface area contributed by atoms with Gasteiger partial charge in [-0.05, 0) is 24.8 Å². The zero-order valence-electron chi connectivity index (χ0n) is 12.2. The van der Waals surface area contributed by atoms with Crippen molar-refractivity contribution >= 4 is 5.91 Å². The van der Waals surface area contributed by atoms with E-state index < -0.39 is 0 Å². The van der Waals surface area contributed by atoms with E-state index in [2.05, 4.69) is 5.32 Å². The normalized spacial score (nSPS) is 25.1. The van der Waals surface area contributed by atoms with E-state index in [9.17, 15) is 4.79 Å². The van der Waals surface area contributed by atoms with E-state index in [1.165, 1.54) is 0 Å². The Hall–Kier alpha value is -1.39. The van der Waals surface area contributed by atoms with Crippen molar-refractivity contribution in [1.82, 2.24) is 5.32 Å². The van der Waals surface area contributed by atoms with Gasteiger partial charge in [-0.15, -0.1) is 0 Å². The molecule has 0 radical (unpaired) electrons. The van der Waals surface area contributed by atoms with Gasteiger partial charge < -0.3 is 15.8 Å². The van der Waals surface area contributed by atoms with Crippen LogP contribution in [0.15, 0.2) is 30.3 Å². The van der Waals surface area contributed by atoms with Gasteiger partial charge in [-0.1, -0.05) is 37.3 Å². The van der Waals surface area contributed by atoms with E-state index in [0.717, 1.165) is 24.8 Å². The summed E-state index contributed by atoms with van der Waals surface area (Å²) in [6.07, 6.45) is 3.24. The van der Waals surface area contributed by atoms with Crippen molar-refractivity contribution < 1.29 is 9.53 Å². The fourth-order valence-corrected chi connectivity index (χ4v) is 2.81. The molecule has 1 aromatic carbocycles. The first kappa shape index (κ1) is 15.0. The Morgan fingerprint density at radius 3 is 2.70 bits per heavy atom. The summed E-state index contributed by atoms with van der Waals surface area (Å²) in [6.45, 7) is 1.88. The van der Waals surface area contributed by atoms with Gasteiger partial charge in [-0.3, -0.25) is 4.79 Å². The highest BCUT2D eigenvalue weighted by molar-refractivity contribution is 5.79. The zero-order chi connectivity index (χ0) is 14.5. The van der Waals surface area contributed by atoms with Crippen molar-refractivity contribution in [2.45, 2.75) is 44.4 Å². The molecule has 0 aliphatic heterocycles. The summed E-state index contributed by atoms with van der Waals surface area (Å²) in [7, 11) is 1.70. The lowest BCUT2D eigenvalue weighted by atomic mass is 9.94. The minimum Gasteiger partial charge on any atom is -0.379 e. The first-order valence-electron chi connectivity index (χ1n) is 7.27. The van der Waals surface area contributed by atoms with Crippen LogP contribution in [-0.4, -0.2) is 25.2 Å². The first-order valence-corrected chi connectivity index (χ1v) is 7.27. The van der Waals surface area contributed by atoms with E-state index >= 15 is 0 Å². The molecule has 4 atom stereocenters. The van der Waals surface area contributed by atoms with E-state index in [1.54, 1.807) is 7.11 Å². The lowest BCUT2D eigenvalue weighted by Gasteiger charge is -2.24. The highest BCUT2D eigenvalue weighted by atomic mass is 16.5. The number of benzene rings is 1. The van der Waals surface area contributed by atoms with Crippen LogP contribution in [0, 0.1) is 5.92 Å². The maximum Gasteiger partial charge on any atom is 0.225 e. The lowest BCUT2D eigenvalue weighted by molar-refractivity contribution is -0.126. The largest absolute Gasteiger partial charge is 0.379 e. The fourth-order valence-electron chi connectivity index (χ4n) is 2.81. The molecule has 20 heavy (non-hydrogen) atoms. The number of ether oxygens (including phenoxy) is 1.